The average Bonchev–Trinajstić information content (AvgIpc) is 2.95. The van der Waals surface area contributed by atoms with Gasteiger partial charge in [0.2, 0.25) is 0 Å². The number of nitrogens with one attached hydrogen (secondary N) is 1. The summed E-state index contributed by atoms with van der Waals surface area (Å²) in [5, 5.41) is 24.4. The fourth-order valence-electron chi connectivity index (χ4n) is 4.83. The SMILES string of the molecule is Cc1ccc(-c2ccc(Cl)cc2)c(C)c1C1=C(O)[C@]2(CC[C@@](O)(C(F)(F)F)CC2)NC1=O. The molecule has 1 fully saturated rings. The minimum atomic E-state index is -4.76. The van der Waals surface area contributed by atoms with E-state index >= 15 is 0 Å². The van der Waals surface area contributed by atoms with E-state index in [-0.39, 0.29) is 24.2 Å². The number of carbonyl (C=O) groups excluding carboxylic acids is 1. The first-order chi connectivity index (χ1) is 14.9. The van der Waals surface area contributed by atoms with E-state index in [1.54, 1.807) is 12.1 Å². The van der Waals surface area contributed by atoms with Gasteiger partial charge in [-0.15, -0.1) is 0 Å². The van der Waals surface area contributed by atoms with Gasteiger partial charge in [0.05, 0.1) is 11.1 Å². The molecule has 1 aliphatic carbocycles. The highest BCUT2D eigenvalue weighted by molar-refractivity contribution is 6.30. The molecular formula is C24H23ClF3NO3. The van der Waals surface area contributed by atoms with Crippen LogP contribution in [0.1, 0.15) is 42.4 Å². The summed E-state index contributed by atoms with van der Waals surface area (Å²) in [7, 11) is 0. The topological polar surface area (TPSA) is 69.6 Å². The number of hydrogen-bond acceptors (Lipinski definition) is 3. The van der Waals surface area contributed by atoms with Gasteiger partial charge in [0.1, 0.15) is 5.76 Å². The van der Waals surface area contributed by atoms with Crippen LogP contribution in [-0.4, -0.2) is 33.4 Å². The predicted molar refractivity (Wildman–Crippen MR) is 116 cm³/mol. The highest BCUT2D eigenvalue weighted by Gasteiger charge is 2.60. The Balaban J connectivity index is 1.77. The minimum absolute atomic E-state index is 0.0771. The maximum absolute atomic E-state index is 13.2. The van der Waals surface area contributed by atoms with E-state index in [4.69, 9.17) is 11.6 Å². The van der Waals surface area contributed by atoms with Crippen molar-refractivity contribution in [1.29, 1.82) is 0 Å². The Morgan fingerprint density at radius 3 is 2.16 bits per heavy atom. The second kappa shape index (κ2) is 7.52. The Kier molecular flexibility index (Phi) is 5.33. The molecule has 4 rings (SSSR count). The van der Waals surface area contributed by atoms with Gasteiger partial charge in [-0.3, -0.25) is 4.79 Å². The Morgan fingerprint density at radius 1 is 1.00 bits per heavy atom. The standard InChI is InChI=1S/C24H23ClF3NO3/c1-13-3-8-17(15-4-6-16(25)7-5-15)14(2)18(13)19-20(30)22(29-21(19)31)9-11-23(32,12-10-22)24(26,27)28/h3-8,30,32H,9-12H2,1-2H3,(H,29,31)/t22-,23+. The van der Waals surface area contributed by atoms with Gasteiger partial charge in [-0.25, -0.2) is 0 Å². The second-order valence-electron chi connectivity index (χ2n) is 8.73. The molecule has 170 valence electrons. The molecule has 4 nitrogen and oxygen atoms in total. The molecule has 0 saturated heterocycles. The molecule has 2 aromatic rings. The molecule has 8 heteroatoms. The van der Waals surface area contributed by atoms with Crippen LogP contribution < -0.4 is 5.32 Å². The molecule has 0 bridgehead atoms. The van der Waals surface area contributed by atoms with Gasteiger partial charge in [0, 0.05) is 5.02 Å². The first kappa shape index (κ1) is 22.7. The van der Waals surface area contributed by atoms with Crippen molar-refractivity contribution in [2.45, 2.75) is 56.8 Å². The summed E-state index contributed by atoms with van der Waals surface area (Å²) in [6, 6.07) is 11.0. The van der Waals surface area contributed by atoms with Crippen LogP contribution >= 0.6 is 11.6 Å². The highest BCUT2D eigenvalue weighted by atomic mass is 35.5. The largest absolute Gasteiger partial charge is 0.509 e. The molecular weight excluding hydrogens is 443 g/mol. The Morgan fingerprint density at radius 2 is 1.59 bits per heavy atom. The van der Waals surface area contributed by atoms with Gasteiger partial charge in [0.15, 0.2) is 5.60 Å². The first-order valence-electron chi connectivity index (χ1n) is 10.3. The van der Waals surface area contributed by atoms with Crippen molar-refractivity contribution in [3.8, 4) is 11.1 Å². The number of hydrogen-bond donors (Lipinski definition) is 3. The zero-order valence-corrected chi connectivity index (χ0v) is 18.4. The number of benzene rings is 2. The van der Waals surface area contributed by atoms with E-state index < -0.39 is 36.1 Å². The maximum atomic E-state index is 13.2. The van der Waals surface area contributed by atoms with Crippen LogP contribution in [0.25, 0.3) is 16.7 Å². The zero-order chi connectivity index (χ0) is 23.5. The van der Waals surface area contributed by atoms with E-state index in [0.717, 1.165) is 22.3 Å². The molecule has 0 radical (unpaired) electrons. The number of amides is 1. The first-order valence-corrected chi connectivity index (χ1v) is 10.7. The molecule has 1 saturated carbocycles. The predicted octanol–water partition coefficient (Wildman–Crippen LogP) is 5.63. The van der Waals surface area contributed by atoms with Crippen LogP contribution in [0.15, 0.2) is 42.2 Å². The van der Waals surface area contributed by atoms with Crippen molar-refractivity contribution >= 4 is 23.1 Å². The van der Waals surface area contributed by atoms with Gasteiger partial charge in [-0.2, -0.15) is 13.2 Å². The molecule has 3 N–H and O–H groups in total. The van der Waals surface area contributed by atoms with E-state index in [1.165, 1.54) is 0 Å². The number of aryl methyl sites for hydroxylation is 1. The Bertz CT molecular complexity index is 1110. The van der Waals surface area contributed by atoms with Crippen molar-refractivity contribution < 1.29 is 28.2 Å². The van der Waals surface area contributed by atoms with E-state index in [2.05, 4.69) is 5.32 Å². The summed E-state index contributed by atoms with van der Waals surface area (Å²) in [5.41, 5.74) is -0.221. The van der Waals surface area contributed by atoms with Crippen LogP contribution in [0.2, 0.25) is 5.02 Å². The Labute approximate surface area is 188 Å². The van der Waals surface area contributed by atoms with Crippen LogP contribution in [0, 0.1) is 13.8 Å². The average molecular weight is 466 g/mol. The molecule has 0 aromatic heterocycles. The number of aliphatic hydroxyl groups is 2. The molecule has 1 amide bonds. The van der Waals surface area contributed by atoms with Crippen LogP contribution in [0.3, 0.4) is 0 Å². The van der Waals surface area contributed by atoms with E-state index in [9.17, 15) is 28.2 Å². The molecule has 2 aromatic carbocycles. The van der Waals surface area contributed by atoms with Crippen molar-refractivity contribution in [3.63, 3.8) is 0 Å². The lowest BCUT2D eigenvalue weighted by atomic mass is 9.73. The van der Waals surface area contributed by atoms with Crippen LogP contribution in [0.5, 0.6) is 0 Å². The highest BCUT2D eigenvalue weighted by Crippen LogP contribution is 2.49. The quantitative estimate of drug-likeness (QED) is 0.538. The molecule has 1 spiro atoms. The van der Waals surface area contributed by atoms with Gasteiger partial charge < -0.3 is 15.5 Å². The number of alkyl halides is 3. The summed E-state index contributed by atoms with van der Waals surface area (Å²) in [6.07, 6.45) is -6.38. The monoisotopic (exact) mass is 465 g/mol. The molecule has 0 atom stereocenters. The lowest BCUT2D eigenvalue weighted by Gasteiger charge is -2.42. The van der Waals surface area contributed by atoms with Crippen LogP contribution in [-0.2, 0) is 4.79 Å². The molecule has 1 heterocycles. The van der Waals surface area contributed by atoms with Crippen molar-refractivity contribution in [3.05, 3.63) is 63.9 Å². The third-order valence-corrected chi connectivity index (χ3v) is 7.06. The minimum Gasteiger partial charge on any atom is -0.509 e. The van der Waals surface area contributed by atoms with E-state index in [0.29, 0.717) is 10.6 Å². The molecule has 0 unspecified atom stereocenters. The van der Waals surface area contributed by atoms with Crippen molar-refractivity contribution in [2.75, 3.05) is 0 Å². The second-order valence-corrected chi connectivity index (χ2v) is 9.16. The fraction of sp³-hybridized carbons (Fsp3) is 0.375. The lowest BCUT2D eigenvalue weighted by molar-refractivity contribution is -0.272. The smallest absolute Gasteiger partial charge is 0.417 e. The van der Waals surface area contributed by atoms with Gasteiger partial charge >= 0.3 is 6.18 Å². The summed E-state index contributed by atoms with van der Waals surface area (Å²) < 4.78 is 39.7. The number of halogens is 4. The summed E-state index contributed by atoms with van der Waals surface area (Å²) in [4.78, 5) is 13.0. The third kappa shape index (κ3) is 3.48. The Hall–Kier alpha value is -2.51. The zero-order valence-electron chi connectivity index (χ0n) is 17.6. The van der Waals surface area contributed by atoms with Gasteiger partial charge in [0.25, 0.3) is 5.91 Å². The van der Waals surface area contributed by atoms with Crippen molar-refractivity contribution in [1.82, 2.24) is 5.32 Å². The molecule has 32 heavy (non-hydrogen) atoms. The molecule has 1 aliphatic heterocycles. The van der Waals surface area contributed by atoms with Crippen molar-refractivity contribution in [2.24, 2.45) is 0 Å². The normalized spacial score (nSPS) is 26.0. The molecule has 2 aliphatic rings. The van der Waals surface area contributed by atoms with Gasteiger partial charge in [-0.05, 0) is 79.5 Å². The number of carbonyl (C=O) groups is 1. The van der Waals surface area contributed by atoms with Crippen LogP contribution in [0.4, 0.5) is 13.2 Å². The summed E-state index contributed by atoms with van der Waals surface area (Å²) >= 11 is 5.99. The maximum Gasteiger partial charge on any atom is 0.417 e. The van der Waals surface area contributed by atoms with Gasteiger partial charge in [-0.1, -0.05) is 35.9 Å². The third-order valence-electron chi connectivity index (χ3n) is 6.81. The summed E-state index contributed by atoms with van der Waals surface area (Å²) in [6.45, 7) is 3.66. The summed E-state index contributed by atoms with van der Waals surface area (Å²) in [5.74, 6) is -0.786. The number of aliphatic hydroxyl groups excluding tert-OH is 1. The fourth-order valence-corrected chi connectivity index (χ4v) is 4.95. The number of rotatable bonds is 2. The lowest BCUT2D eigenvalue weighted by Crippen LogP contribution is -2.56. The van der Waals surface area contributed by atoms with E-state index in [1.807, 2.05) is 38.1 Å².